The number of amides is 1. The topological polar surface area (TPSA) is 97.6 Å². The lowest BCUT2D eigenvalue weighted by atomic mass is 10.1. The monoisotopic (exact) mass is 468 g/mol. The summed E-state index contributed by atoms with van der Waals surface area (Å²) >= 11 is 0. The molecule has 0 saturated heterocycles. The van der Waals surface area contributed by atoms with Gasteiger partial charge in [-0.2, -0.15) is 0 Å². The van der Waals surface area contributed by atoms with E-state index in [1.807, 2.05) is 0 Å². The van der Waals surface area contributed by atoms with Crippen LogP contribution in [0.5, 0.6) is 5.75 Å². The Morgan fingerprint density at radius 2 is 1.81 bits per heavy atom. The molecule has 11 heteroatoms. The number of carbonyl (C=O) groups is 1. The number of aryl methyl sites for hydroxylation is 1. The highest BCUT2D eigenvalue weighted by atomic mass is 32.2. The molecule has 2 N–H and O–H groups in total. The second-order valence-electron chi connectivity index (χ2n) is 6.64. The average Bonchev–Trinajstić information content (AvgIpc) is 3.25. The van der Waals surface area contributed by atoms with E-state index in [-0.39, 0.29) is 41.3 Å². The fourth-order valence-corrected chi connectivity index (χ4v) is 3.85. The molecule has 0 aliphatic rings. The summed E-state index contributed by atoms with van der Waals surface area (Å²) in [7, 11) is -3.86. The van der Waals surface area contributed by atoms with Crippen molar-refractivity contribution in [3.63, 3.8) is 0 Å². The Bertz CT molecular complexity index is 1160. The SMILES string of the molecule is O=C(CCc1ccccc1OC(F)(F)F)Nc1cccc(S(=O)(=O)NCc2ccco2)c1. The highest BCUT2D eigenvalue weighted by Gasteiger charge is 2.32. The fraction of sp³-hybridized carbons (Fsp3) is 0.190. The summed E-state index contributed by atoms with van der Waals surface area (Å²) < 4.78 is 73.9. The van der Waals surface area contributed by atoms with Crippen LogP contribution in [0.3, 0.4) is 0 Å². The van der Waals surface area contributed by atoms with Gasteiger partial charge >= 0.3 is 6.36 Å². The number of hydrogen-bond donors (Lipinski definition) is 2. The van der Waals surface area contributed by atoms with E-state index in [0.717, 1.165) is 0 Å². The summed E-state index contributed by atoms with van der Waals surface area (Å²) in [5, 5.41) is 2.55. The van der Waals surface area contributed by atoms with E-state index in [4.69, 9.17) is 4.42 Å². The first kappa shape index (κ1) is 23.4. The van der Waals surface area contributed by atoms with Gasteiger partial charge in [0.2, 0.25) is 15.9 Å². The van der Waals surface area contributed by atoms with Crippen molar-refractivity contribution in [1.29, 1.82) is 0 Å². The van der Waals surface area contributed by atoms with E-state index in [1.54, 1.807) is 18.2 Å². The molecule has 0 fully saturated rings. The van der Waals surface area contributed by atoms with Crippen molar-refractivity contribution < 1.29 is 35.5 Å². The van der Waals surface area contributed by atoms with E-state index in [9.17, 15) is 26.4 Å². The fourth-order valence-electron chi connectivity index (χ4n) is 2.81. The van der Waals surface area contributed by atoms with Crippen LogP contribution in [0.25, 0.3) is 0 Å². The van der Waals surface area contributed by atoms with Crippen molar-refractivity contribution in [2.24, 2.45) is 0 Å². The molecule has 0 unspecified atom stereocenters. The van der Waals surface area contributed by atoms with E-state index in [1.165, 1.54) is 48.7 Å². The largest absolute Gasteiger partial charge is 0.573 e. The van der Waals surface area contributed by atoms with E-state index in [0.29, 0.717) is 5.76 Å². The summed E-state index contributed by atoms with van der Waals surface area (Å²) in [5.74, 6) is -0.429. The van der Waals surface area contributed by atoms with Crippen molar-refractivity contribution in [1.82, 2.24) is 4.72 Å². The Balaban J connectivity index is 1.60. The summed E-state index contributed by atoms with van der Waals surface area (Å²) in [6.07, 6.45) is -3.55. The molecule has 0 spiro atoms. The number of para-hydroxylation sites is 1. The van der Waals surface area contributed by atoms with Crippen LogP contribution in [0.2, 0.25) is 0 Å². The number of nitrogens with one attached hydrogen (secondary N) is 2. The third-order valence-corrected chi connectivity index (χ3v) is 5.66. The molecule has 0 saturated carbocycles. The zero-order chi connectivity index (χ0) is 23.2. The summed E-state index contributed by atoms with van der Waals surface area (Å²) in [5.41, 5.74) is 0.453. The lowest BCUT2D eigenvalue weighted by Gasteiger charge is -2.13. The van der Waals surface area contributed by atoms with Crippen LogP contribution in [-0.4, -0.2) is 20.7 Å². The molecule has 1 amide bonds. The molecule has 0 atom stereocenters. The summed E-state index contributed by atoms with van der Waals surface area (Å²) in [6, 6.07) is 14.4. The molecular weight excluding hydrogens is 449 g/mol. The van der Waals surface area contributed by atoms with Gasteiger partial charge in [0.15, 0.2) is 0 Å². The molecule has 32 heavy (non-hydrogen) atoms. The highest BCUT2D eigenvalue weighted by Crippen LogP contribution is 2.27. The van der Waals surface area contributed by atoms with Crippen LogP contribution < -0.4 is 14.8 Å². The second-order valence-corrected chi connectivity index (χ2v) is 8.40. The number of carbonyl (C=O) groups excluding carboxylic acids is 1. The smallest absolute Gasteiger partial charge is 0.468 e. The zero-order valence-corrected chi connectivity index (χ0v) is 17.4. The summed E-state index contributed by atoms with van der Waals surface area (Å²) in [4.78, 5) is 12.2. The van der Waals surface area contributed by atoms with Gasteiger partial charge in [0.25, 0.3) is 0 Å². The van der Waals surface area contributed by atoms with Gasteiger partial charge < -0.3 is 14.5 Å². The van der Waals surface area contributed by atoms with Gasteiger partial charge in [-0.05, 0) is 48.4 Å². The van der Waals surface area contributed by atoms with E-state index >= 15 is 0 Å². The molecule has 7 nitrogen and oxygen atoms in total. The van der Waals surface area contributed by atoms with Crippen LogP contribution in [0.1, 0.15) is 17.7 Å². The van der Waals surface area contributed by atoms with Gasteiger partial charge in [-0.1, -0.05) is 24.3 Å². The highest BCUT2D eigenvalue weighted by molar-refractivity contribution is 7.89. The molecule has 3 aromatic rings. The van der Waals surface area contributed by atoms with Gasteiger partial charge in [-0.15, -0.1) is 13.2 Å². The van der Waals surface area contributed by atoms with Gasteiger partial charge in [-0.3, -0.25) is 4.79 Å². The number of alkyl halides is 3. The number of rotatable bonds is 9. The number of hydrogen-bond acceptors (Lipinski definition) is 5. The van der Waals surface area contributed by atoms with Gasteiger partial charge in [0.1, 0.15) is 11.5 Å². The Hall–Kier alpha value is -3.31. The molecule has 170 valence electrons. The quantitative estimate of drug-likeness (QED) is 0.490. The number of furan rings is 1. The van der Waals surface area contributed by atoms with Crippen LogP contribution in [0.15, 0.2) is 76.2 Å². The van der Waals surface area contributed by atoms with Crippen molar-refractivity contribution >= 4 is 21.6 Å². The maximum Gasteiger partial charge on any atom is 0.573 e. The molecule has 0 radical (unpaired) electrons. The molecule has 1 heterocycles. The van der Waals surface area contributed by atoms with Gasteiger partial charge in [-0.25, -0.2) is 13.1 Å². The first-order valence-electron chi connectivity index (χ1n) is 9.38. The lowest BCUT2D eigenvalue weighted by Crippen LogP contribution is -2.23. The Morgan fingerprint density at radius 3 is 2.53 bits per heavy atom. The second kappa shape index (κ2) is 9.88. The number of benzene rings is 2. The average molecular weight is 468 g/mol. The normalized spacial score (nSPS) is 11.8. The van der Waals surface area contributed by atoms with Crippen LogP contribution in [-0.2, 0) is 27.8 Å². The molecule has 2 aromatic carbocycles. The molecule has 0 aliphatic heterocycles. The minimum atomic E-state index is -4.84. The molecule has 3 rings (SSSR count). The van der Waals surface area contributed by atoms with Gasteiger partial charge in [0.05, 0.1) is 17.7 Å². The van der Waals surface area contributed by atoms with Crippen LogP contribution in [0.4, 0.5) is 18.9 Å². The Kier molecular flexibility index (Phi) is 7.21. The van der Waals surface area contributed by atoms with Crippen molar-refractivity contribution in [2.75, 3.05) is 5.32 Å². The van der Waals surface area contributed by atoms with Crippen LogP contribution in [0, 0.1) is 0 Å². The third-order valence-electron chi connectivity index (χ3n) is 4.26. The molecule has 1 aromatic heterocycles. The third kappa shape index (κ3) is 6.86. The lowest BCUT2D eigenvalue weighted by molar-refractivity contribution is -0.274. The Morgan fingerprint density at radius 1 is 1.03 bits per heavy atom. The number of anilines is 1. The maximum atomic E-state index is 12.5. The molecule has 0 bridgehead atoms. The minimum Gasteiger partial charge on any atom is -0.468 e. The minimum absolute atomic E-state index is 0.000772. The predicted molar refractivity (Wildman–Crippen MR) is 109 cm³/mol. The van der Waals surface area contributed by atoms with Crippen molar-refractivity contribution in [3.05, 3.63) is 78.3 Å². The number of halogens is 3. The molecular formula is C21H19F3N2O5S. The first-order chi connectivity index (χ1) is 15.1. The van der Waals surface area contributed by atoms with Crippen LogP contribution >= 0.6 is 0 Å². The maximum absolute atomic E-state index is 12.5. The standard InChI is InChI=1S/C21H19F3N2O5S/c22-21(23,24)31-19-9-2-1-5-15(19)10-11-20(27)26-16-6-3-8-18(13-16)32(28,29)25-14-17-7-4-12-30-17/h1-9,12-13,25H,10-11,14H2,(H,26,27). The Labute approximate surface area is 182 Å². The van der Waals surface area contributed by atoms with Gasteiger partial charge in [0, 0.05) is 12.1 Å². The van der Waals surface area contributed by atoms with E-state index < -0.39 is 22.3 Å². The number of ether oxygens (including phenoxy) is 1. The molecule has 0 aliphatic carbocycles. The van der Waals surface area contributed by atoms with E-state index in [2.05, 4.69) is 14.8 Å². The predicted octanol–water partition coefficient (Wildman–Crippen LogP) is 4.23. The zero-order valence-electron chi connectivity index (χ0n) is 16.6. The summed E-state index contributed by atoms with van der Waals surface area (Å²) in [6.45, 7) is -0.0364. The number of sulfonamides is 1. The van der Waals surface area contributed by atoms with Crippen molar-refractivity contribution in [2.45, 2.75) is 30.6 Å². The first-order valence-corrected chi connectivity index (χ1v) is 10.9. The van der Waals surface area contributed by atoms with Crippen molar-refractivity contribution in [3.8, 4) is 5.75 Å².